The summed E-state index contributed by atoms with van der Waals surface area (Å²) in [6.45, 7) is 0. The molecule has 4 rings (SSSR count). The van der Waals surface area contributed by atoms with Gasteiger partial charge >= 0.3 is 5.97 Å². The molecule has 2 aromatic carbocycles. The van der Waals surface area contributed by atoms with Gasteiger partial charge in [0.25, 0.3) is 0 Å². The Kier molecular flexibility index (Phi) is 5.70. The van der Waals surface area contributed by atoms with Crippen molar-refractivity contribution < 1.29 is 59.5 Å². The Balaban J connectivity index is 1.85. The van der Waals surface area contributed by atoms with Gasteiger partial charge in [-0.05, 0) is 18.2 Å². The largest absolute Gasteiger partial charge is 0.507 e. The first-order valence-corrected chi connectivity index (χ1v) is 9.64. The number of carboxylic acid groups (broad SMARTS) is 1. The quantitative estimate of drug-likeness (QED) is 0.223. The Morgan fingerprint density at radius 1 is 0.853 bits per heavy atom. The van der Waals surface area contributed by atoms with Crippen molar-refractivity contribution in [2.75, 3.05) is 0 Å². The second-order valence-electron chi connectivity index (χ2n) is 7.48. The smallest absolute Gasteiger partial charge is 0.335 e. The minimum absolute atomic E-state index is 0.113. The monoisotopic (exact) mass is 478 g/mol. The Morgan fingerprint density at radius 2 is 1.56 bits per heavy atom. The first-order chi connectivity index (χ1) is 16.0. The fraction of sp³-hybridized carbons (Fsp3) is 0.238. The third kappa shape index (κ3) is 3.82. The second kappa shape index (κ2) is 8.39. The first-order valence-electron chi connectivity index (χ1n) is 9.64. The number of aromatic hydroxyl groups is 4. The molecule has 0 amide bonds. The van der Waals surface area contributed by atoms with Gasteiger partial charge in [0.05, 0.1) is 0 Å². The van der Waals surface area contributed by atoms with Crippen molar-refractivity contribution in [2.24, 2.45) is 0 Å². The molecule has 1 aliphatic rings. The molecule has 1 saturated heterocycles. The molecule has 0 unspecified atom stereocenters. The van der Waals surface area contributed by atoms with Crippen molar-refractivity contribution in [1.29, 1.82) is 0 Å². The van der Waals surface area contributed by atoms with Crippen LogP contribution in [0, 0.1) is 0 Å². The highest BCUT2D eigenvalue weighted by atomic mass is 16.7. The van der Waals surface area contributed by atoms with E-state index >= 15 is 0 Å². The molecule has 1 fully saturated rings. The Bertz CT molecular complexity index is 1330. The average Bonchev–Trinajstić information content (AvgIpc) is 2.77. The van der Waals surface area contributed by atoms with Crippen LogP contribution in [0.5, 0.6) is 28.7 Å². The van der Waals surface area contributed by atoms with Crippen LogP contribution in [0.1, 0.15) is 0 Å². The van der Waals surface area contributed by atoms with Gasteiger partial charge in [0.1, 0.15) is 35.2 Å². The first kappa shape index (κ1) is 23.1. The second-order valence-corrected chi connectivity index (χ2v) is 7.48. The van der Waals surface area contributed by atoms with Crippen LogP contribution < -0.4 is 10.2 Å². The molecule has 13 heteroatoms. The SMILES string of the molecule is O=C(O)[C@H]1O[C@@H](Oc2c(O)cc(O)c3c(=O)cc(-c4ccc(O)c(O)c4)oc23)[C@H](O)[C@@H](O)[C@@H]1O. The Labute approximate surface area is 188 Å². The van der Waals surface area contributed by atoms with Gasteiger partial charge in [-0.2, -0.15) is 0 Å². The fourth-order valence-corrected chi connectivity index (χ4v) is 3.48. The third-order valence-corrected chi connectivity index (χ3v) is 5.22. The summed E-state index contributed by atoms with van der Waals surface area (Å²) < 4.78 is 16.0. The maximum Gasteiger partial charge on any atom is 0.335 e. The van der Waals surface area contributed by atoms with Crippen molar-refractivity contribution in [3.63, 3.8) is 0 Å². The van der Waals surface area contributed by atoms with Crippen LogP contribution in [-0.2, 0) is 9.53 Å². The zero-order valence-electron chi connectivity index (χ0n) is 16.9. The molecular formula is C21H18O13. The molecule has 2 heterocycles. The molecule has 1 aliphatic heterocycles. The number of rotatable bonds is 4. The normalized spacial score (nSPS) is 24.7. The van der Waals surface area contributed by atoms with E-state index in [-0.39, 0.29) is 11.3 Å². The van der Waals surface area contributed by atoms with Crippen LogP contribution in [0.4, 0.5) is 0 Å². The molecule has 0 aliphatic carbocycles. The Morgan fingerprint density at radius 3 is 2.21 bits per heavy atom. The van der Waals surface area contributed by atoms with Gasteiger partial charge in [-0.1, -0.05) is 0 Å². The highest BCUT2D eigenvalue weighted by Gasteiger charge is 2.48. The van der Waals surface area contributed by atoms with Crippen molar-refractivity contribution in [3.05, 3.63) is 40.6 Å². The zero-order chi connectivity index (χ0) is 24.9. The van der Waals surface area contributed by atoms with Crippen molar-refractivity contribution in [2.45, 2.75) is 30.7 Å². The summed E-state index contributed by atoms with van der Waals surface area (Å²) in [5.41, 5.74) is -1.24. The predicted molar refractivity (Wildman–Crippen MR) is 110 cm³/mol. The minimum Gasteiger partial charge on any atom is -0.507 e. The molecular weight excluding hydrogens is 460 g/mol. The number of fused-ring (bicyclic) bond motifs is 1. The number of carboxylic acids is 1. The molecule has 0 spiro atoms. The maximum absolute atomic E-state index is 12.7. The lowest BCUT2D eigenvalue weighted by Crippen LogP contribution is -2.61. The topological polar surface area (TPSA) is 228 Å². The van der Waals surface area contributed by atoms with E-state index in [4.69, 9.17) is 13.9 Å². The number of hydrogen-bond acceptors (Lipinski definition) is 12. The molecule has 0 radical (unpaired) electrons. The molecule has 8 N–H and O–H groups in total. The standard InChI is InChI=1S/C21H18O13/c22-7-2-1-6(3-8(7)23)12-5-10(25)13-9(24)4-11(26)17(18(13)32-12)33-21-16(29)14(27)15(28)19(34-21)20(30)31/h1-5,14-16,19,21-24,26-29H,(H,30,31)/t14-,15-,16+,19-,21+/m0/s1. The highest BCUT2D eigenvalue weighted by molar-refractivity contribution is 5.91. The van der Waals surface area contributed by atoms with E-state index in [0.29, 0.717) is 0 Å². The summed E-state index contributed by atoms with van der Waals surface area (Å²) in [5, 5.41) is 78.5. The van der Waals surface area contributed by atoms with Crippen molar-refractivity contribution in [3.8, 4) is 40.1 Å². The summed E-state index contributed by atoms with van der Waals surface area (Å²) in [5.74, 6) is -4.99. The van der Waals surface area contributed by atoms with E-state index in [0.717, 1.165) is 24.3 Å². The molecule has 34 heavy (non-hydrogen) atoms. The van der Waals surface area contributed by atoms with Crippen LogP contribution in [0.2, 0.25) is 0 Å². The van der Waals surface area contributed by atoms with Gasteiger partial charge in [-0.15, -0.1) is 0 Å². The van der Waals surface area contributed by atoms with Crippen LogP contribution in [-0.4, -0.2) is 77.5 Å². The molecule has 0 bridgehead atoms. The van der Waals surface area contributed by atoms with Gasteiger partial charge in [0.2, 0.25) is 12.0 Å². The van der Waals surface area contributed by atoms with Crippen LogP contribution >= 0.6 is 0 Å². The minimum atomic E-state index is -2.01. The Hall–Kier alpha value is -4.04. The van der Waals surface area contributed by atoms with Crippen LogP contribution in [0.25, 0.3) is 22.3 Å². The molecule has 3 aromatic rings. The summed E-state index contributed by atoms with van der Waals surface area (Å²) in [6, 6.07) is 5.19. The number of aliphatic hydroxyl groups is 3. The molecule has 5 atom stereocenters. The number of aliphatic hydroxyl groups excluding tert-OH is 3. The van der Waals surface area contributed by atoms with Gasteiger partial charge in [0.15, 0.2) is 34.4 Å². The summed E-state index contributed by atoms with van der Waals surface area (Å²) in [6.07, 6.45) is -9.95. The summed E-state index contributed by atoms with van der Waals surface area (Å²) >= 11 is 0. The number of phenolic OH excluding ortho intramolecular Hbond substituents is 4. The fourth-order valence-electron chi connectivity index (χ4n) is 3.48. The lowest BCUT2D eigenvalue weighted by Gasteiger charge is -2.38. The summed E-state index contributed by atoms with van der Waals surface area (Å²) in [4.78, 5) is 24.0. The van der Waals surface area contributed by atoms with Crippen LogP contribution in [0.3, 0.4) is 0 Å². The van der Waals surface area contributed by atoms with E-state index in [9.17, 15) is 50.4 Å². The van der Waals surface area contributed by atoms with Gasteiger partial charge in [-0.25, -0.2) is 4.79 Å². The lowest BCUT2D eigenvalue weighted by atomic mass is 9.99. The van der Waals surface area contributed by atoms with Gasteiger partial charge < -0.3 is 54.7 Å². The lowest BCUT2D eigenvalue weighted by molar-refractivity contribution is -0.271. The number of benzene rings is 2. The van der Waals surface area contributed by atoms with Crippen LogP contribution in [0.15, 0.2) is 39.5 Å². The number of aliphatic carboxylic acids is 1. The number of hydrogen-bond donors (Lipinski definition) is 8. The summed E-state index contributed by atoms with van der Waals surface area (Å²) in [7, 11) is 0. The predicted octanol–water partition coefficient (Wildman–Crippen LogP) is -0.447. The maximum atomic E-state index is 12.7. The van der Waals surface area contributed by atoms with Crippen molar-refractivity contribution >= 4 is 16.9 Å². The number of carbonyl (C=O) groups is 1. The average molecular weight is 478 g/mol. The van der Waals surface area contributed by atoms with E-state index < -0.39 is 81.8 Å². The number of ether oxygens (including phenoxy) is 2. The van der Waals surface area contributed by atoms with E-state index in [2.05, 4.69) is 0 Å². The van der Waals surface area contributed by atoms with Crippen molar-refractivity contribution in [1.82, 2.24) is 0 Å². The number of phenols is 4. The molecule has 13 nitrogen and oxygen atoms in total. The van der Waals surface area contributed by atoms with E-state index in [1.165, 1.54) is 6.07 Å². The zero-order valence-corrected chi connectivity index (χ0v) is 16.9. The van der Waals surface area contributed by atoms with E-state index in [1.54, 1.807) is 0 Å². The highest BCUT2D eigenvalue weighted by Crippen LogP contribution is 2.42. The molecule has 180 valence electrons. The van der Waals surface area contributed by atoms with Gasteiger partial charge in [0, 0.05) is 17.7 Å². The van der Waals surface area contributed by atoms with Gasteiger partial charge in [-0.3, -0.25) is 4.79 Å². The third-order valence-electron chi connectivity index (χ3n) is 5.22. The molecule has 1 aromatic heterocycles. The molecule has 0 saturated carbocycles. The van der Waals surface area contributed by atoms with E-state index in [1.807, 2.05) is 0 Å².